The quantitative estimate of drug-likeness (QED) is 0.753. The summed E-state index contributed by atoms with van der Waals surface area (Å²) in [6.07, 6.45) is 12.3. The van der Waals surface area contributed by atoms with Crippen LogP contribution >= 0.6 is 0 Å². The Morgan fingerprint density at radius 3 is 1.95 bits per heavy atom. The van der Waals surface area contributed by atoms with Crippen molar-refractivity contribution in [2.75, 3.05) is 6.54 Å². The molecule has 0 radical (unpaired) electrons. The van der Waals surface area contributed by atoms with Gasteiger partial charge in [0.25, 0.3) is 0 Å². The molecular weight excluding hydrogens is 258 g/mol. The fourth-order valence-electron chi connectivity index (χ4n) is 4.81. The number of hydrogen-bond donors (Lipinski definition) is 2. The highest BCUT2D eigenvalue weighted by atomic mass is 16.3. The molecule has 21 heavy (non-hydrogen) atoms. The third-order valence-corrected chi connectivity index (χ3v) is 6.59. The maximum Gasteiger partial charge on any atom is 0.0636 e. The Balaban J connectivity index is 2.01. The number of nitrogens with two attached hydrogens (primary N) is 1. The molecule has 0 heterocycles. The molecule has 2 aliphatic rings. The fourth-order valence-corrected chi connectivity index (χ4v) is 4.81. The Bertz CT molecular complexity index is 304. The van der Waals surface area contributed by atoms with Gasteiger partial charge >= 0.3 is 0 Å². The Morgan fingerprint density at radius 2 is 1.52 bits per heavy atom. The van der Waals surface area contributed by atoms with E-state index in [4.69, 9.17) is 5.73 Å². The van der Waals surface area contributed by atoms with Crippen molar-refractivity contribution in [1.29, 1.82) is 0 Å². The second-order valence-electron chi connectivity index (χ2n) is 8.90. The minimum atomic E-state index is -0.165. The average Bonchev–Trinajstić information content (AvgIpc) is 2.74. The summed E-state index contributed by atoms with van der Waals surface area (Å²) in [5, 5.41) is 11.1. The Morgan fingerprint density at radius 1 is 1.00 bits per heavy atom. The van der Waals surface area contributed by atoms with Crippen molar-refractivity contribution in [2.45, 2.75) is 91.1 Å². The smallest absolute Gasteiger partial charge is 0.0636 e. The van der Waals surface area contributed by atoms with Crippen molar-refractivity contribution >= 4 is 0 Å². The van der Waals surface area contributed by atoms with Crippen molar-refractivity contribution in [3.63, 3.8) is 0 Å². The van der Waals surface area contributed by atoms with E-state index in [0.717, 1.165) is 18.8 Å². The van der Waals surface area contributed by atoms with Crippen LogP contribution in [0, 0.1) is 22.7 Å². The summed E-state index contributed by atoms with van der Waals surface area (Å²) in [4.78, 5) is 0. The molecular formula is C19H37NO. The second kappa shape index (κ2) is 7.00. The van der Waals surface area contributed by atoms with E-state index in [1.807, 2.05) is 0 Å². The minimum Gasteiger partial charge on any atom is -0.392 e. The van der Waals surface area contributed by atoms with Gasteiger partial charge in [-0.05, 0) is 55.8 Å². The Kier molecular flexibility index (Phi) is 5.76. The van der Waals surface area contributed by atoms with Crippen LogP contribution in [0.4, 0.5) is 0 Å². The number of aliphatic hydroxyl groups excluding tert-OH is 1. The molecule has 2 heteroatoms. The summed E-state index contributed by atoms with van der Waals surface area (Å²) in [5.41, 5.74) is 6.59. The van der Waals surface area contributed by atoms with Gasteiger partial charge in [0.05, 0.1) is 6.10 Å². The SMILES string of the molecule is CC(C)(C)C1CCC(CN)(C(O)C2CCCCCC2)CC1. The maximum absolute atomic E-state index is 11.1. The van der Waals surface area contributed by atoms with Gasteiger partial charge in [0.2, 0.25) is 0 Å². The van der Waals surface area contributed by atoms with E-state index in [9.17, 15) is 5.11 Å². The Labute approximate surface area is 131 Å². The highest BCUT2D eigenvalue weighted by molar-refractivity contribution is 4.96. The van der Waals surface area contributed by atoms with Gasteiger partial charge in [-0.15, -0.1) is 0 Å². The lowest BCUT2D eigenvalue weighted by molar-refractivity contribution is -0.0570. The minimum absolute atomic E-state index is 0.0107. The van der Waals surface area contributed by atoms with Crippen molar-refractivity contribution < 1.29 is 5.11 Å². The molecule has 0 aromatic carbocycles. The first-order valence-corrected chi connectivity index (χ1v) is 9.27. The molecule has 1 atom stereocenters. The van der Waals surface area contributed by atoms with Crippen LogP contribution in [0.3, 0.4) is 0 Å². The second-order valence-corrected chi connectivity index (χ2v) is 8.90. The van der Waals surface area contributed by atoms with Crippen molar-refractivity contribution in [1.82, 2.24) is 0 Å². The first-order valence-electron chi connectivity index (χ1n) is 9.27. The van der Waals surface area contributed by atoms with E-state index in [0.29, 0.717) is 17.9 Å². The lowest BCUT2D eigenvalue weighted by Crippen LogP contribution is -2.48. The van der Waals surface area contributed by atoms with Gasteiger partial charge in [-0.3, -0.25) is 0 Å². The van der Waals surface area contributed by atoms with Crippen LogP contribution < -0.4 is 5.73 Å². The summed E-state index contributed by atoms with van der Waals surface area (Å²) in [7, 11) is 0. The molecule has 0 aromatic heterocycles. The molecule has 0 saturated heterocycles. The molecule has 3 N–H and O–H groups in total. The van der Waals surface area contributed by atoms with Crippen LogP contribution in [-0.2, 0) is 0 Å². The van der Waals surface area contributed by atoms with E-state index < -0.39 is 0 Å². The molecule has 0 spiro atoms. The zero-order valence-electron chi connectivity index (χ0n) is 14.5. The van der Waals surface area contributed by atoms with Gasteiger partial charge in [0.1, 0.15) is 0 Å². The van der Waals surface area contributed by atoms with Gasteiger partial charge < -0.3 is 10.8 Å². The van der Waals surface area contributed by atoms with Crippen LogP contribution in [0.25, 0.3) is 0 Å². The van der Waals surface area contributed by atoms with E-state index in [1.54, 1.807) is 0 Å². The highest BCUT2D eigenvalue weighted by Gasteiger charge is 2.44. The van der Waals surface area contributed by atoms with Crippen LogP contribution in [0.15, 0.2) is 0 Å². The molecule has 0 bridgehead atoms. The first kappa shape index (κ1) is 17.3. The van der Waals surface area contributed by atoms with Crippen molar-refractivity contribution in [2.24, 2.45) is 28.4 Å². The zero-order chi connectivity index (χ0) is 15.5. The zero-order valence-corrected chi connectivity index (χ0v) is 14.5. The van der Waals surface area contributed by atoms with E-state index in [2.05, 4.69) is 20.8 Å². The largest absolute Gasteiger partial charge is 0.392 e. The van der Waals surface area contributed by atoms with E-state index in [1.165, 1.54) is 51.4 Å². The lowest BCUT2D eigenvalue weighted by atomic mass is 9.60. The summed E-state index contributed by atoms with van der Waals surface area (Å²) >= 11 is 0. The molecule has 2 nitrogen and oxygen atoms in total. The van der Waals surface area contributed by atoms with Crippen LogP contribution in [0.2, 0.25) is 0 Å². The van der Waals surface area contributed by atoms with Crippen molar-refractivity contribution in [3.8, 4) is 0 Å². The maximum atomic E-state index is 11.1. The van der Waals surface area contributed by atoms with Crippen LogP contribution in [0.5, 0.6) is 0 Å². The summed E-state index contributed by atoms with van der Waals surface area (Å²) in [5.74, 6) is 1.29. The third kappa shape index (κ3) is 4.01. The topological polar surface area (TPSA) is 46.2 Å². The van der Waals surface area contributed by atoms with Crippen molar-refractivity contribution in [3.05, 3.63) is 0 Å². The van der Waals surface area contributed by atoms with Gasteiger partial charge in [0.15, 0.2) is 0 Å². The molecule has 1 unspecified atom stereocenters. The van der Waals surface area contributed by atoms with E-state index >= 15 is 0 Å². The predicted molar refractivity (Wildman–Crippen MR) is 90.1 cm³/mol. The van der Waals surface area contributed by atoms with Crippen LogP contribution in [-0.4, -0.2) is 17.8 Å². The third-order valence-electron chi connectivity index (χ3n) is 6.59. The molecule has 2 aliphatic carbocycles. The van der Waals surface area contributed by atoms with Gasteiger partial charge in [-0.25, -0.2) is 0 Å². The molecule has 0 amide bonds. The highest BCUT2D eigenvalue weighted by Crippen LogP contribution is 2.49. The number of aliphatic hydroxyl groups is 1. The first-order chi connectivity index (χ1) is 9.89. The van der Waals surface area contributed by atoms with Gasteiger partial charge in [-0.2, -0.15) is 0 Å². The van der Waals surface area contributed by atoms with Gasteiger partial charge in [-0.1, -0.05) is 46.5 Å². The molecule has 0 aliphatic heterocycles. The summed E-state index contributed by atoms with van der Waals surface area (Å²) < 4.78 is 0. The van der Waals surface area contributed by atoms with Crippen LogP contribution in [0.1, 0.15) is 85.0 Å². The molecule has 2 rings (SSSR count). The average molecular weight is 296 g/mol. The molecule has 0 aromatic rings. The monoisotopic (exact) mass is 295 g/mol. The molecule has 2 fully saturated rings. The summed E-state index contributed by atoms with van der Waals surface area (Å²) in [6, 6.07) is 0. The molecule has 124 valence electrons. The predicted octanol–water partition coefficient (Wildman–Crippen LogP) is 4.50. The fraction of sp³-hybridized carbons (Fsp3) is 1.00. The van der Waals surface area contributed by atoms with E-state index in [-0.39, 0.29) is 11.5 Å². The van der Waals surface area contributed by atoms with Gasteiger partial charge in [0, 0.05) is 12.0 Å². The number of hydrogen-bond acceptors (Lipinski definition) is 2. The number of rotatable bonds is 3. The lowest BCUT2D eigenvalue weighted by Gasteiger charge is -2.48. The standard InChI is InChI=1S/C19H37NO/c1-18(2,3)16-10-12-19(14-20,13-11-16)17(21)15-8-6-4-5-7-9-15/h15-17,21H,4-14,20H2,1-3H3. The molecule has 2 saturated carbocycles. The Hall–Kier alpha value is -0.0800. The normalized spacial score (nSPS) is 34.4. The summed E-state index contributed by atoms with van der Waals surface area (Å²) in [6.45, 7) is 7.74.